The summed E-state index contributed by atoms with van der Waals surface area (Å²) in [6.45, 7) is 2.77. The lowest BCUT2D eigenvalue weighted by molar-refractivity contribution is -0.121. The zero-order chi connectivity index (χ0) is 14.5. The Morgan fingerprint density at radius 2 is 2.25 bits per heavy atom. The standard InChI is InChI=1S/C13H17N3O3S/c1-2-3-6-14-10(17)4-7-16-12(18)11-9(5-8-20-11)15-13(16)19/h5,8H,2-4,6-7H2,1H3,(H,14,17)(H,15,19). The molecular formula is C13H17N3O3S. The Labute approximate surface area is 119 Å². The number of unbranched alkanes of at least 4 members (excludes halogenated alkanes) is 1. The number of carbonyl (C=O) groups is 1. The van der Waals surface area contributed by atoms with E-state index < -0.39 is 5.69 Å². The van der Waals surface area contributed by atoms with Crippen LogP contribution in [0.15, 0.2) is 21.0 Å². The minimum absolute atomic E-state index is 0.0972. The predicted molar refractivity (Wildman–Crippen MR) is 79.2 cm³/mol. The molecular weight excluding hydrogens is 278 g/mol. The van der Waals surface area contributed by atoms with E-state index in [2.05, 4.69) is 10.3 Å². The number of hydrogen-bond donors (Lipinski definition) is 2. The Bertz CT molecular complexity index is 713. The molecule has 0 fully saturated rings. The van der Waals surface area contributed by atoms with Crippen molar-refractivity contribution >= 4 is 27.5 Å². The molecule has 0 unspecified atom stereocenters. The van der Waals surface area contributed by atoms with E-state index in [1.807, 2.05) is 6.92 Å². The van der Waals surface area contributed by atoms with Crippen molar-refractivity contribution in [2.45, 2.75) is 32.7 Å². The highest BCUT2D eigenvalue weighted by atomic mass is 32.1. The zero-order valence-corrected chi connectivity index (χ0v) is 12.1. The second-order valence-corrected chi connectivity index (χ2v) is 5.42. The highest BCUT2D eigenvalue weighted by molar-refractivity contribution is 7.17. The summed E-state index contributed by atoms with van der Waals surface area (Å²) in [6.07, 6.45) is 2.06. The zero-order valence-electron chi connectivity index (χ0n) is 11.3. The molecule has 2 rings (SSSR count). The number of thiophene rings is 1. The van der Waals surface area contributed by atoms with Crippen LogP contribution in [0.4, 0.5) is 0 Å². The molecule has 0 aromatic carbocycles. The van der Waals surface area contributed by atoms with E-state index in [4.69, 9.17) is 0 Å². The van der Waals surface area contributed by atoms with Gasteiger partial charge in [0, 0.05) is 19.5 Å². The van der Waals surface area contributed by atoms with Crippen molar-refractivity contribution in [1.29, 1.82) is 0 Å². The number of fused-ring (bicyclic) bond motifs is 1. The van der Waals surface area contributed by atoms with Gasteiger partial charge in [0.2, 0.25) is 5.91 Å². The molecule has 0 aliphatic carbocycles. The number of nitrogens with one attached hydrogen (secondary N) is 2. The molecule has 20 heavy (non-hydrogen) atoms. The van der Waals surface area contributed by atoms with E-state index in [0.29, 0.717) is 16.8 Å². The normalized spacial score (nSPS) is 10.8. The van der Waals surface area contributed by atoms with Crippen LogP contribution >= 0.6 is 11.3 Å². The van der Waals surface area contributed by atoms with Gasteiger partial charge in [-0.25, -0.2) is 4.79 Å². The van der Waals surface area contributed by atoms with E-state index in [0.717, 1.165) is 17.4 Å². The predicted octanol–water partition coefficient (Wildman–Crippen LogP) is 1.06. The lowest BCUT2D eigenvalue weighted by atomic mass is 10.3. The Balaban J connectivity index is 2.08. The van der Waals surface area contributed by atoms with Crippen LogP contribution in [0.2, 0.25) is 0 Å². The summed E-state index contributed by atoms with van der Waals surface area (Å²) in [5.41, 5.74) is -0.254. The Morgan fingerprint density at radius 3 is 3.00 bits per heavy atom. The minimum atomic E-state index is -0.470. The van der Waals surface area contributed by atoms with E-state index in [9.17, 15) is 14.4 Å². The number of amides is 1. The maximum absolute atomic E-state index is 12.1. The Hall–Kier alpha value is -1.89. The molecule has 2 aromatic rings. The average molecular weight is 295 g/mol. The van der Waals surface area contributed by atoms with Crippen molar-refractivity contribution in [2.24, 2.45) is 0 Å². The Morgan fingerprint density at radius 1 is 1.45 bits per heavy atom. The first-order chi connectivity index (χ1) is 9.63. The van der Waals surface area contributed by atoms with Crippen molar-refractivity contribution in [3.05, 3.63) is 32.3 Å². The van der Waals surface area contributed by atoms with Gasteiger partial charge in [0.05, 0.1) is 5.52 Å². The van der Waals surface area contributed by atoms with Gasteiger partial charge in [0.15, 0.2) is 0 Å². The molecule has 2 aromatic heterocycles. The average Bonchev–Trinajstić information content (AvgIpc) is 2.87. The molecule has 0 bridgehead atoms. The second-order valence-electron chi connectivity index (χ2n) is 4.50. The fourth-order valence-electron chi connectivity index (χ4n) is 1.88. The van der Waals surface area contributed by atoms with Gasteiger partial charge in [-0.1, -0.05) is 13.3 Å². The maximum atomic E-state index is 12.1. The number of carbonyl (C=O) groups excluding carboxylic acids is 1. The van der Waals surface area contributed by atoms with Crippen molar-refractivity contribution < 1.29 is 4.79 Å². The smallest absolute Gasteiger partial charge is 0.328 e. The van der Waals surface area contributed by atoms with Crippen LogP contribution in [0, 0.1) is 0 Å². The number of rotatable bonds is 6. The SMILES string of the molecule is CCCCNC(=O)CCn1c(=O)[nH]c2ccsc2c1=O. The van der Waals surface area contributed by atoms with Crippen LogP contribution in [0.1, 0.15) is 26.2 Å². The molecule has 2 N–H and O–H groups in total. The summed E-state index contributed by atoms with van der Waals surface area (Å²) in [5, 5.41) is 4.51. The van der Waals surface area contributed by atoms with Gasteiger partial charge in [-0.2, -0.15) is 0 Å². The quantitative estimate of drug-likeness (QED) is 0.782. The molecule has 0 saturated carbocycles. The largest absolute Gasteiger partial charge is 0.356 e. The van der Waals surface area contributed by atoms with E-state index >= 15 is 0 Å². The van der Waals surface area contributed by atoms with Gasteiger partial charge in [-0.15, -0.1) is 11.3 Å². The Kier molecular flexibility index (Phi) is 4.73. The van der Waals surface area contributed by atoms with Crippen LogP contribution in [0.3, 0.4) is 0 Å². The molecule has 0 spiro atoms. The van der Waals surface area contributed by atoms with Crippen LogP contribution in [-0.4, -0.2) is 22.0 Å². The monoisotopic (exact) mass is 295 g/mol. The first kappa shape index (κ1) is 14.5. The summed E-state index contributed by atoms with van der Waals surface area (Å²) in [7, 11) is 0. The number of H-pyrrole nitrogens is 1. The van der Waals surface area contributed by atoms with E-state index in [-0.39, 0.29) is 24.4 Å². The summed E-state index contributed by atoms with van der Waals surface area (Å²) in [5.74, 6) is -0.143. The molecule has 6 nitrogen and oxygen atoms in total. The first-order valence-corrected chi connectivity index (χ1v) is 7.48. The topological polar surface area (TPSA) is 84.0 Å². The van der Waals surface area contributed by atoms with Gasteiger partial charge in [-0.3, -0.25) is 14.2 Å². The number of hydrogen-bond acceptors (Lipinski definition) is 4. The van der Waals surface area contributed by atoms with Gasteiger partial charge < -0.3 is 10.3 Å². The highest BCUT2D eigenvalue weighted by Crippen LogP contribution is 2.11. The summed E-state index contributed by atoms with van der Waals surface area (Å²) < 4.78 is 1.59. The third-order valence-corrected chi connectivity index (χ3v) is 3.91. The van der Waals surface area contributed by atoms with E-state index in [1.165, 1.54) is 11.3 Å². The highest BCUT2D eigenvalue weighted by Gasteiger charge is 2.10. The third kappa shape index (κ3) is 3.16. The summed E-state index contributed by atoms with van der Waals surface area (Å²) >= 11 is 1.28. The number of nitrogens with zero attached hydrogens (tertiary/aromatic N) is 1. The van der Waals surface area contributed by atoms with Gasteiger partial charge in [0.1, 0.15) is 4.70 Å². The molecule has 2 heterocycles. The molecule has 0 atom stereocenters. The number of aromatic amines is 1. The lowest BCUT2D eigenvalue weighted by Gasteiger charge is -2.06. The fraction of sp³-hybridized carbons (Fsp3) is 0.462. The first-order valence-electron chi connectivity index (χ1n) is 6.60. The van der Waals surface area contributed by atoms with Crippen LogP contribution < -0.4 is 16.6 Å². The molecule has 0 radical (unpaired) electrons. The van der Waals surface area contributed by atoms with Crippen LogP contribution in [-0.2, 0) is 11.3 Å². The molecule has 0 aliphatic heterocycles. The van der Waals surface area contributed by atoms with Gasteiger partial charge >= 0.3 is 5.69 Å². The number of aromatic nitrogens is 2. The van der Waals surface area contributed by atoms with Crippen molar-refractivity contribution in [3.8, 4) is 0 Å². The molecule has 7 heteroatoms. The van der Waals surface area contributed by atoms with Gasteiger partial charge in [-0.05, 0) is 17.9 Å². The fourth-order valence-corrected chi connectivity index (χ4v) is 2.68. The van der Waals surface area contributed by atoms with Crippen LogP contribution in [0.25, 0.3) is 10.2 Å². The molecule has 0 aliphatic rings. The van der Waals surface area contributed by atoms with Crippen molar-refractivity contribution in [1.82, 2.24) is 14.9 Å². The molecule has 0 saturated heterocycles. The van der Waals surface area contributed by atoms with Crippen molar-refractivity contribution in [2.75, 3.05) is 6.54 Å². The maximum Gasteiger partial charge on any atom is 0.328 e. The minimum Gasteiger partial charge on any atom is -0.356 e. The van der Waals surface area contributed by atoms with Crippen LogP contribution in [0.5, 0.6) is 0 Å². The summed E-state index contributed by atoms with van der Waals surface area (Å²) in [4.78, 5) is 38.1. The third-order valence-electron chi connectivity index (χ3n) is 3.01. The second kappa shape index (κ2) is 6.51. The summed E-state index contributed by atoms with van der Waals surface area (Å²) in [6, 6.07) is 1.70. The van der Waals surface area contributed by atoms with Crippen molar-refractivity contribution in [3.63, 3.8) is 0 Å². The lowest BCUT2D eigenvalue weighted by Crippen LogP contribution is -2.36. The van der Waals surface area contributed by atoms with Gasteiger partial charge in [0.25, 0.3) is 5.56 Å². The molecule has 108 valence electrons. The molecule has 1 amide bonds. The van der Waals surface area contributed by atoms with E-state index in [1.54, 1.807) is 11.4 Å².